The summed E-state index contributed by atoms with van der Waals surface area (Å²) in [4.78, 5) is 0. The van der Waals surface area contributed by atoms with Crippen LogP contribution < -0.4 is 4.72 Å². The van der Waals surface area contributed by atoms with Gasteiger partial charge in [-0.2, -0.15) is 5.26 Å². The number of nitrogens with one attached hydrogen (secondary N) is 1. The van der Waals surface area contributed by atoms with Gasteiger partial charge in [0.25, 0.3) is 0 Å². The highest BCUT2D eigenvalue weighted by Gasteiger charge is 2.21. The molecule has 5 nitrogen and oxygen atoms in total. The van der Waals surface area contributed by atoms with Crippen molar-refractivity contribution < 1.29 is 17.9 Å². The molecule has 1 atom stereocenters. The summed E-state index contributed by atoms with van der Waals surface area (Å²) in [6.45, 7) is -0.194. The standard InChI is InChI=1S/C17H17FN2O3S/c18-16-7-6-13(11-19)10-15(16)12-24(22,23)20-17(8-9-21)14-4-2-1-3-5-14/h1-7,10,17,20-21H,8-9,12H2/t17-/m1/s1. The molecule has 2 N–H and O–H groups in total. The minimum absolute atomic E-state index is 0.0719. The van der Waals surface area contributed by atoms with Gasteiger partial charge in [0.2, 0.25) is 10.0 Å². The highest BCUT2D eigenvalue weighted by atomic mass is 32.2. The molecule has 2 rings (SSSR count). The molecule has 0 bridgehead atoms. The van der Waals surface area contributed by atoms with Crippen molar-refractivity contribution in [3.63, 3.8) is 0 Å². The third-order valence-corrected chi connectivity index (χ3v) is 4.80. The number of benzene rings is 2. The molecule has 0 heterocycles. The second kappa shape index (κ2) is 8.02. The van der Waals surface area contributed by atoms with Gasteiger partial charge in [0.15, 0.2) is 0 Å². The fourth-order valence-electron chi connectivity index (χ4n) is 2.33. The summed E-state index contributed by atoms with van der Waals surface area (Å²) in [5.41, 5.74) is 0.829. The molecular formula is C17H17FN2O3S. The Morgan fingerprint density at radius 2 is 1.92 bits per heavy atom. The van der Waals surface area contributed by atoms with Crippen LogP contribution >= 0.6 is 0 Å². The molecule has 126 valence electrons. The molecule has 2 aromatic rings. The van der Waals surface area contributed by atoms with Crippen molar-refractivity contribution in [2.75, 3.05) is 6.61 Å². The number of halogens is 1. The van der Waals surface area contributed by atoms with Crippen molar-refractivity contribution in [3.05, 3.63) is 71.0 Å². The number of hydrogen-bond acceptors (Lipinski definition) is 4. The minimum Gasteiger partial charge on any atom is -0.396 e. The molecule has 0 saturated carbocycles. The van der Waals surface area contributed by atoms with Crippen molar-refractivity contribution in [1.82, 2.24) is 4.72 Å². The van der Waals surface area contributed by atoms with Crippen LogP contribution in [0.2, 0.25) is 0 Å². The summed E-state index contributed by atoms with van der Waals surface area (Å²) in [5, 5.41) is 18.0. The third kappa shape index (κ3) is 4.86. The third-order valence-electron chi connectivity index (χ3n) is 3.46. The smallest absolute Gasteiger partial charge is 0.216 e. The van der Waals surface area contributed by atoms with Gasteiger partial charge in [-0.15, -0.1) is 0 Å². The summed E-state index contributed by atoms with van der Waals surface area (Å²) < 4.78 is 41.0. The SMILES string of the molecule is N#Cc1ccc(F)c(CS(=O)(=O)N[C@H](CCO)c2ccccc2)c1. The Hall–Kier alpha value is -2.27. The van der Waals surface area contributed by atoms with E-state index in [0.717, 1.165) is 6.07 Å². The molecule has 0 saturated heterocycles. The fraction of sp³-hybridized carbons (Fsp3) is 0.235. The highest BCUT2D eigenvalue weighted by Crippen LogP contribution is 2.19. The van der Waals surface area contributed by atoms with E-state index >= 15 is 0 Å². The zero-order valence-corrected chi connectivity index (χ0v) is 13.6. The van der Waals surface area contributed by atoms with E-state index < -0.39 is 27.6 Å². The summed E-state index contributed by atoms with van der Waals surface area (Å²) in [6.07, 6.45) is 0.198. The van der Waals surface area contributed by atoms with Gasteiger partial charge in [0, 0.05) is 18.2 Å². The van der Waals surface area contributed by atoms with Gasteiger partial charge < -0.3 is 5.11 Å². The number of aliphatic hydroxyl groups excluding tert-OH is 1. The number of rotatable bonds is 7. The number of aliphatic hydroxyl groups is 1. The predicted octanol–water partition coefficient (Wildman–Crippen LogP) is 2.24. The van der Waals surface area contributed by atoms with E-state index in [-0.39, 0.29) is 24.2 Å². The van der Waals surface area contributed by atoms with Crippen LogP contribution in [0.5, 0.6) is 0 Å². The first-order valence-corrected chi connectivity index (χ1v) is 8.95. The van der Waals surface area contributed by atoms with Crippen molar-refractivity contribution in [2.45, 2.75) is 18.2 Å². The Balaban J connectivity index is 2.22. The van der Waals surface area contributed by atoms with Gasteiger partial charge in [-0.05, 0) is 30.2 Å². The van der Waals surface area contributed by atoms with E-state index in [9.17, 15) is 12.8 Å². The van der Waals surface area contributed by atoms with Crippen molar-refractivity contribution in [3.8, 4) is 6.07 Å². The number of nitrogens with zero attached hydrogens (tertiary/aromatic N) is 1. The second-order valence-electron chi connectivity index (χ2n) is 5.27. The topological polar surface area (TPSA) is 90.2 Å². The summed E-state index contributed by atoms with van der Waals surface area (Å²) >= 11 is 0. The zero-order chi connectivity index (χ0) is 17.6. The first kappa shape index (κ1) is 18.1. The largest absolute Gasteiger partial charge is 0.396 e. The number of nitriles is 1. The molecule has 0 aromatic heterocycles. The summed E-state index contributed by atoms with van der Waals surface area (Å²) in [7, 11) is -3.86. The van der Waals surface area contributed by atoms with Crippen LogP contribution in [0.3, 0.4) is 0 Å². The van der Waals surface area contributed by atoms with Crippen LogP contribution in [-0.4, -0.2) is 20.1 Å². The van der Waals surface area contributed by atoms with Gasteiger partial charge in [-0.1, -0.05) is 30.3 Å². The maximum Gasteiger partial charge on any atom is 0.216 e. The van der Waals surface area contributed by atoms with Crippen LogP contribution in [0.4, 0.5) is 4.39 Å². The van der Waals surface area contributed by atoms with E-state index in [2.05, 4.69) is 4.72 Å². The van der Waals surface area contributed by atoms with Gasteiger partial charge in [-0.3, -0.25) is 0 Å². The first-order valence-electron chi connectivity index (χ1n) is 7.29. The highest BCUT2D eigenvalue weighted by molar-refractivity contribution is 7.88. The molecule has 0 radical (unpaired) electrons. The average molecular weight is 348 g/mol. The lowest BCUT2D eigenvalue weighted by molar-refractivity contribution is 0.272. The molecule has 2 aromatic carbocycles. The van der Waals surface area contributed by atoms with E-state index in [4.69, 9.17) is 10.4 Å². The molecule has 0 amide bonds. The number of sulfonamides is 1. The molecule has 0 aliphatic carbocycles. The average Bonchev–Trinajstić information content (AvgIpc) is 2.57. The van der Waals surface area contributed by atoms with E-state index in [1.54, 1.807) is 30.3 Å². The molecule has 0 unspecified atom stereocenters. The Labute approximate surface area is 140 Å². The fourth-order valence-corrected chi connectivity index (χ4v) is 3.73. The molecule has 7 heteroatoms. The maximum atomic E-state index is 13.8. The van der Waals surface area contributed by atoms with Gasteiger partial charge in [-0.25, -0.2) is 17.5 Å². The molecular weight excluding hydrogens is 331 g/mol. The van der Waals surface area contributed by atoms with Crippen LogP contribution in [0.25, 0.3) is 0 Å². The second-order valence-corrected chi connectivity index (χ2v) is 7.02. The first-order chi connectivity index (χ1) is 11.4. The lowest BCUT2D eigenvalue weighted by atomic mass is 10.1. The molecule has 0 fully saturated rings. The van der Waals surface area contributed by atoms with Crippen molar-refractivity contribution in [2.24, 2.45) is 0 Å². The maximum absolute atomic E-state index is 13.8. The van der Waals surface area contributed by atoms with E-state index in [1.165, 1.54) is 12.1 Å². The van der Waals surface area contributed by atoms with Gasteiger partial charge in [0.1, 0.15) is 5.82 Å². The van der Waals surface area contributed by atoms with E-state index in [1.807, 2.05) is 6.07 Å². The van der Waals surface area contributed by atoms with Crippen LogP contribution in [0.15, 0.2) is 48.5 Å². The van der Waals surface area contributed by atoms with Crippen LogP contribution in [0, 0.1) is 17.1 Å². The number of hydrogen-bond donors (Lipinski definition) is 2. The Morgan fingerprint density at radius 1 is 1.21 bits per heavy atom. The molecule has 0 spiro atoms. The van der Waals surface area contributed by atoms with Gasteiger partial charge >= 0.3 is 0 Å². The Kier molecular flexibility index (Phi) is 6.04. The van der Waals surface area contributed by atoms with Crippen molar-refractivity contribution in [1.29, 1.82) is 5.26 Å². The summed E-state index contributed by atoms with van der Waals surface area (Å²) in [6, 6.07) is 13.7. The molecule has 24 heavy (non-hydrogen) atoms. The Morgan fingerprint density at radius 3 is 2.54 bits per heavy atom. The Bertz CT molecular complexity index is 833. The van der Waals surface area contributed by atoms with E-state index in [0.29, 0.717) is 5.56 Å². The normalized spacial score (nSPS) is 12.5. The minimum atomic E-state index is -3.86. The molecule has 0 aliphatic heterocycles. The van der Waals surface area contributed by atoms with Crippen LogP contribution in [-0.2, 0) is 15.8 Å². The quantitative estimate of drug-likeness (QED) is 0.803. The summed E-state index contributed by atoms with van der Waals surface area (Å²) in [5.74, 6) is -1.26. The zero-order valence-electron chi connectivity index (χ0n) is 12.8. The predicted molar refractivity (Wildman–Crippen MR) is 87.8 cm³/mol. The van der Waals surface area contributed by atoms with Crippen molar-refractivity contribution >= 4 is 10.0 Å². The lowest BCUT2D eigenvalue weighted by Gasteiger charge is -2.18. The van der Waals surface area contributed by atoms with Gasteiger partial charge in [0.05, 0.1) is 17.4 Å². The van der Waals surface area contributed by atoms with Crippen LogP contribution in [0.1, 0.15) is 29.2 Å². The lowest BCUT2D eigenvalue weighted by Crippen LogP contribution is -2.30. The molecule has 0 aliphatic rings. The monoisotopic (exact) mass is 348 g/mol.